The van der Waals surface area contributed by atoms with Gasteiger partial charge in [0.15, 0.2) is 0 Å². The molecule has 82 valence electrons. The van der Waals surface area contributed by atoms with Crippen molar-refractivity contribution in [3.63, 3.8) is 0 Å². The Kier molecular flexibility index (Phi) is 3.20. The monoisotopic (exact) mass is 224 g/mol. The van der Waals surface area contributed by atoms with Crippen LogP contribution in [0, 0.1) is 6.92 Å². The molecule has 0 saturated heterocycles. The maximum absolute atomic E-state index is 5.94. The summed E-state index contributed by atoms with van der Waals surface area (Å²) in [7, 11) is 0. The Bertz CT molecular complexity index is 356. The van der Waals surface area contributed by atoms with Crippen molar-refractivity contribution in [1.29, 1.82) is 0 Å². The molecule has 0 unspecified atom stereocenters. The molecule has 2 rings (SSSR count). The highest BCUT2D eigenvalue weighted by Gasteiger charge is 2.26. The smallest absolute Gasteiger partial charge is 0.123 e. The lowest BCUT2D eigenvalue weighted by Gasteiger charge is -2.12. The molecule has 0 aromatic heterocycles. The third-order valence-corrected chi connectivity index (χ3v) is 3.20. The average molecular weight is 225 g/mol. The Morgan fingerprint density at radius 3 is 2.67 bits per heavy atom. The summed E-state index contributed by atoms with van der Waals surface area (Å²) in [5, 5.41) is 0. The van der Waals surface area contributed by atoms with Gasteiger partial charge >= 0.3 is 0 Å². The Morgan fingerprint density at radius 1 is 1.40 bits per heavy atom. The van der Waals surface area contributed by atoms with Gasteiger partial charge in [0.1, 0.15) is 5.75 Å². The van der Waals surface area contributed by atoms with Gasteiger partial charge in [0.25, 0.3) is 0 Å². The van der Waals surface area contributed by atoms with Gasteiger partial charge in [-0.1, -0.05) is 6.07 Å². The molecule has 15 heavy (non-hydrogen) atoms. The number of ether oxygens (including phenoxy) is 1. The number of halogens is 1. The van der Waals surface area contributed by atoms with Crippen LogP contribution in [0.25, 0.3) is 0 Å². The Labute approximate surface area is 96.4 Å². The van der Waals surface area contributed by atoms with Gasteiger partial charge in [-0.15, -0.1) is 11.6 Å². The first-order chi connectivity index (χ1) is 7.26. The van der Waals surface area contributed by atoms with E-state index in [1.54, 1.807) is 0 Å². The van der Waals surface area contributed by atoms with E-state index in [-0.39, 0.29) is 0 Å². The van der Waals surface area contributed by atoms with Crippen LogP contribution in [0.3, 0.4) is 0 Å². The molecule has 1 saturated carbocycles. The van der Waals surface area contributed by atoms with Crippen LogP contribution in [0.2, 0.25) is 0 Å². The number of aryl methyl sites for hydroxylation is 1. The van der Waals surface area contributed by atoms with E-state index < -0.39 is 0 Å². The highest BCUT2D eigenvalue weighted by Crippen LogP contribution is 2.43. The van der Waals surface area contributed by atoms with Gasteiger partial charge in [0.05, 0.1) is 12.5 Å². The molecule has 0 spiro atoms. The zero-order chi connectivity index (χ0) is 10.8. The SMILES string of the molecule is CCOc1cc(C)c(C2CC2)cc1CCl. The van der Waals surface area contributed by atoms with E-state index in [0.717, 1.165) is 17.2 Å². The molecule has 2 heteroatoms. The third kappa shape index (κ3) is 2.28. The van der Waals surface area contributed by atoms with Crippen molar-refractivity contribution < 1.29 is 4.74 Å². The molecule has 1 aromatic rings. The van der Waals surface area contributed by atoms with Gasteiger partial charge in [-0.05, 0) is 49.8 Å². The van der Waals surface area contributed by atoms with Gasteiger partial charge in [0.2, 0.25) is 0 Å². The largest absolute Gasteiger partial charge is 0.494 e. The molecule has 0 atom stereocenters. The van der Waals surface area contributed by atoms with E-state index in [1.807, 2.05) is 6.92 Å². The predicted octanol–water partition coefficient (Wildman–Crippen LogP) is 4.01. The quantitative estimate of drug-likeness (QED) is 0.703. The number of benzene rings is 1. The van der Waals surface area contributed by atoms with Crippen molar-refractivity contribution in [1.82, 2.24) is 0 Å². The van der Waals surface area contributed by atoms with Crippen LogP contribution in [0.1, 0.15) is 42.4 Å². The third-order valence-electron chi connectivity index (χ3n) is 2.91. The maximum Gasteiger partial charge on any atom is 0.123 e. The second-order valence-corrected chi connectivity index (χ2v) is 4.42. The molecule has 1 aliphatic carbocycles. The van der Waals surface area contributed by atoms with Crippen LogP contribution in [0.4, 0.5) is 0 Å². The Hall–Kier alpha value is -0.690. The van der Waals surface area contributed by atoms with Crippen LogP contribution in [0.15, 0.2) is 12.1 Å². The number of alkyl halides is 1. The first-order valence-corrected chi connectivity index (χ1v) is 6.12. The average Bonchev–Trinajstić information content (AvgIpc) is 3.02. The summed E-state index contributed by atoms with van der Waals surface area (Å²) in [6.07, 6.45) is 2.66. The molecule has 0 amide bonds. The van der Waals surface area contributed by atoms with Crippen LogP contribution >= 0.6 is 11.6 Å². The molecule has 1 aliphatic rings. The van der Waals surface area contributed by atoms with Gasteiger partial charge in [-0.25, -0.2) is 0 Å². The van der Waals surface area contributed by atoms with Crippen LogP contribution in [-0.4, -0.2) is 6.61 Å². The van der Waals surface area contributed by atoms with Crippen molar-refractivity contribution >= 4 is 11.6 Å². The van der Waals surface area contributed by atoms with E-state index in [2.05, 4.69) is 19.1 Å². The first-order valence-electron chi connectivity index (χ1n) is 5.58. The van der Waals surface area contributed by atoms with Crippen molar-refractivity contribution in [2.75, 3.05) is 6.61 Å². The summed E-state index contributed by atoms with van der Waals surface area (Å²) in [6.45, 7) is 4.86. The van der Waals surface area contributed by atoms with Gasteiger partial charge in [-0.2, -0.15) is 0 Å². The van der Waals surface area contributed by atoms with Gasteiger partial charge in [0, 0.05) is 5.56 Å². The summed E-state index contributed by atoms with van der Waals surface area (Å²) >= 11 is 5.94. The van der Waals surface area contributed by atoms with E-state index in [1.165, 1.54) is 24.0 Å². The van der Waals surface area contributed by atoms with E-state index in [9.17, 15) is 0 Å². The fraction of sp³-hybridized carbons (Fsp3) is 0.538. The number of hydrogen-bond donors (Lipinski definition) is 0. The fourth-order valence-corrected chi connectivity index (χ4v) is 2.18. The standard InChI is InChI=1S/C13H17ClO/c1-3-15-13-6-9(2)12(10-4-5-10)7-11(13)8-14/h6-7,10H,3-5,8H2,1-2H3. The Balaban J connectivity index is 2.35. The van der Waals surface area contributed by atoms with Gasteiger partial charge in [-0.3, -0.25) is 0 Å². The molecule has 0 radical (unpaired) electrons. The normalized spacial score (nSPS) is 15.4. The zero-order valence-electron chi connectivity index (χ0n) is 9.35. The molecule has 0 heterocycles. The molecule has 0 N–H and O–H groups in total. The molecule has 0 aliphatic heterocycles. The lowest BCUT2D eigenvalue weighted by atomic mass is 10.0. The van der Waals surface area contributed by atoms with E-state index in [0.29, 0.717) is 12.5 Å². The minimum absolute atomic E-state index is 0.537. The number of rotatable bonds is 4. The molecule has 0 bridgehead atoms. The van der Waals surface area contributed by atoms with Crippen molar-refractivity contribution in [3.8, 4) is 5.75 Å². The molecule has 1 fully saturated rings. The van der Waals surface area contributed by atoms with Crippen molar-refractivity contribution in [2.24, 2.45) is 0 Å². The minimum atomic E-state index is 0.537. The number of hydrogen-bond acceptors (Lipinski definition) is 1. The molecular weight excluding hydrogens is 208 g/mol. The summed E-state index contributed by atoms with van der Waals surface area (Å²) < 4.78 is 5.58. The highest BCUT2D eigenvalue weighted by molar-refractivity contribution is 6.17. The first kappa shape index (κ1) is 10.8. The van der Waals surface area contributed by atoms with E-state index in [4.69, 9.17) is 16.3 Å². The molecule has 1 nitrogen and oxygen atoms in total. The molecular formula is C13H17ClO. The zero-order valence-corrected chi connectivity index (χ0v) is 10.1. The summed E-state index contributed by atoms with van der Waals surface area (Å²) in [5.74, 6) is 2.27. The van der Waals surface area contributed by atoms with Crippen molar-refractivity contribution in [3.05, 3.63) is 28.8 Å². The summed E-state index contributed by atoms with van der Waals surface area (Å²) in [4.78, 5) is 0. The minimum Gasteiger partial charge on any atom is -0.494 e. The van der Waals surface area contributed by atoms with Crippen LogP contribution in [-0.2, 0) is 5.88 Å². The Morgan fingerprint density at radius 2 is 2.13 bits per heavy atom. The summed E-state index contributed by atoms with van der Waals surface area (Å²) in [5.41, 5.74) is 3.94. The van der Waals surface area contributed by atoms with E-state index >= 15 is 0 Å². The van der Waals surface area contributed by atoms with Crippen molar-refractivity contribution in [2.45, 2.75) is 38.5 Å². The predicted molar refractivity (Wildman–Crippen MR) is 63.9 cm³/mol. The topological polar surface area (TPSA) is 9.23 Å². The van der Waals surface area contributed by atoms with Crippen LogP contribution in [0.5, 0.6) is 5.75 Å². The molecule has 1 aromatic carbocycles. The highest BCUT2D eigenvalue weighted by atomic mass is 35.5. The summed E-state index contributed by atoms with van der Waals surface area (Å²) in [6, 6.07) is 4.36. The van der Waals surface area contributed by atoms with Crippen LogP contribution < -0.4 is 4.74 Å². The maximum atomic E-state index is 5.94. The lowest BCUT2D eigenvalue weighted by molar-refractivity contribution is 0.337. The second kappa shape index (κ2) is 4.44. The lowest BCUT2D eigenvalue weighted by Crippen LogP contribution is -1.98. The second-order valence-electron chi connectivity index (χ2n) is 4.16. The van der Waals surface area contributed by atoms with Gasteiger partial charge < -0.3 is 4.74 Å². The fourth-order valence-electron chi connectivity index (χ4n) is 1.97.